The van der Waals surface area contributed by atoms with Crippen molar-refractivity contribution in [1.29, 1.82) is 0 Å². The zero-order valence-electron chi connectivity index (χ0n) is 11.8. The molecule has 1 aliphatic heterocycles. The Morgan fingerprint density at radius 3 is 3.00 bits per heavy atom. The van der Waals surface area contributed by atoms with Crippen LogP contribution < -0.4 is 5.32 Å². The van der Waals surface area contributed by atoms with Crippen LogP contribution in [0.25, 0.3) is 0 Å². The number of nitrogens with one attached hydrogen (secondary N) is 1. The second-order valence-electron chi connectivity index (χ2n) is 4.94. The molecule has 1 N–H and O–H groups in total. The minimum atomic E-state index is 0. The van der Waals surface area contributed by atoms with E-state index in [4.69, 9.17) is 0 Å². The largest absolute Gasteiger partial charge is 0.328 e. The fourth-order valence-corrected chi connectivity index (χ4v) is 3.42. The molecule has 0 bridgehead atoms. The van der Waals surface area contributed by atoms with Crippen LogP contribution in [0.2, 0.25) is 0 Å². The number of halogens is 1. The first kappa shape index (κ1) is 15.9. The maximum Gasteiger partial charge on any atom is 0.264 e. The first-order valence-electron chi connectivity index (χ1n) is 6.73. The van der Waals surface area contributed by atoms with Crippen LogP contribution in [0.4, 0.5) is 0 Å². The highest BCUT2D eigenvalue weighted by Crippen LogP contribution is 2.26. The number of aromatic nitrogens is 1. The van der Waals surface area contributed by atoms with Crippen molar-refractivity contribution in [3.8, 4) is 0 Å². The van der Waals surface area contributed by atoms with Crippen molar-refractivity contribution < 1.29 is 4.79 Å². The molecule has 0 aromatic carbocycles. The van der Waals surface area contributed by atoms with Gasteiger partial charge in [0.1, 0.15) is 0 Å². The van der Waals surface area contributed by atoms with Gasteiger partial charge < -0.3 is 10.2 Å². The molecule has 1 fully saturated rings. The normalized spacial score (nSPS) is 18.1. The topological polar surface area (TPSA) is 45.2 Å². The second kappa shape index (κ2) is 7.02. The first-order valence-corrected chi connectivity index (χ1v) is 7.61. The van der Waals surface area contributed by atoms with E-state index in [0.717, 1.165) is 35.6 Å². The third-order valence-corrected chi connectivity index (χ3v) is 4.63. The van der Waals surface area contributed by atoms with Crippen molar-refractivity contribution in [1.82, 2.24) is 15.2 Å². The summed E-state index contributed by atoms with van der Waals surface area (Å²) in [7, 11) is 0. The van der Waals surface area contributed by atoms with E-state index in [-0.39, 0.29) is 24.4 Å². The smallest absolute Gasteiger partial charge is 0.264 e. The molecule has 2 aromatic rings. The zero-order chi connectivity index (χ0) is 13.9. The number of piperazine rings is 1. The Morgan fingerprint density at radius 1 is 1.48 bits per heavy atom. The molecule has 1 aliphatic rings. The van der Waals surface area contributed by atoms with Gasteiger partial charge in [0, 0.05) is 32.0 Å². The van der Waals surface area contributed by atoms with Gasteiger partial charge in [0.15, 0.2) is 0 Å². The Labute approximate surface area is 134 Å². The molecule has 6 heteroatoms. The molecule has 1 saturated heterocycles. The summed E-state index contributed by atoms with van der Waals surface area (Å²) in [5.74, 6) is 0.132. The van der Waals surface area contributed by atoms with Gasteiger partial charge in [-0.3, -0.25) is 9.78 Å². The second-order valence-corrected chi connectivity index (χ2v) is 5.85. The molecule has 0 saturated carbocycles. The highest BCUT2D eigenvalue weighted by Gasteiger charge is 2.29. The number of hydrogen-bond donors (Lipinski definition) is 1. The molecular weight excluding hydrogens is 306 g/mol. The Hall–Kier alpha value is -1.43. The lowest BCUT2D eigenvalue weighted by molar-refractivity contribution is 0.0638. The summed E-state index contributed by atoms with van der Waals surface area (Å²) in [6.45, 7) is 4.34. The third-order valence-electron chi connectivity index (χ3n) is 3.63. The Bertz CT molecular complexity index is 602. The van der Waals surface area contributed by atoms with E-state index in [9.17, 15) is 4.79 Å². The zero-order valence-corrected chi connectivity index (χ0v) is 13.4. The van der Waals surface area contributed by atoms with Crippen LogP contribution in [-0.2, 0) is 0 Å². The van der Waals surface area contributed by atoms with Crippen LogP contribution in [0.15, 0.2) is 36.0 Å². The van der Waals surface area contributed by atoms with E-state index in [1.165, 1.54) is 11.3 Å². The fourth-order valence-electron chi connectivity index (χ4n) is 2.54. The third kappa shape index (κ3) is 3.26. The average Bonchev–Trinajstić information content (AvgIpc) is 2.93. The maximum absolute atomic E-state index is 12.8. The number of thiophene rings is 1. The molecule has 0 radical (unpaired) electrons. The Morgan fingerprint density at radius 2 is 2.33 bits per heavy atom. The fraction of sp³-hybridized carbons (Fsp3) is 0.333. The number of amides is 1. The predicted octanol–water partition coefficient (Wildman–Crippen LogP) is 2.66. The predicted molar refractivity (Wildman–Crippen MR) is 87.2 cm³/mol. The summed E-state index contributed by atoms with van der Waals surface area (Å²) in [5.41, 5.74) is 2.14. The van der Waals surface area contributed by atoms with E-state index in [0.29, 0.717) is 0 Å². The van der Waals surface area contributed by atoms with Crippen molar-refractivity contribution in [3.63, 3.8) is 0 Å². The lowest BCUT2D eigenvalue weighted by Crippen LogP contribution is -2.48. The SMILES string of the molecule is Cc1ccsc1C(=O)N1CCNCC1c1cccnc1.Cl. The van der Waals surface area contributed by atoms with Gasteiger partial charge >= 0.3 is 0 Å². The van der Waals surface area contributed by atoms with Gasteiger partial charge in [-0.05, 0) is 35.6 Å². The average molecular weight is 324 g/mol. The number of hydrogen-bond acceptors (Lipinski definition) is 4. The molecule has 3 heterocycles. The van der Waals surface area contributed by atoms with Gasteiger partial charge in [0.2, 0.25) is 0 Å². The summed E-state index contributed by atoms with van der Waals surface area (Å²) in [4.78, 5) is 19.7. The maximum atomic E-state index is 12.8. The van der Waals surface area contributed by atoms with Crippen LogP contribution in [-0.4, -0.2) is 35.4 Å². The van der Waals surface area contributed by atoms with Crippen molar-refractivity contribution >= 4 is 29.7 Å². The van der Waals surface area contributed by atoms with Gasteiger partial charge in [-0.1, -0.05) is 6.07 Å². The minimum absolute atomic E-state index is 0. The van der Waals surface area contributed by atoms with E-state index >= 15 is 0 Å². The minimum Gasteiger partial charge on any atom is -0.328 e. The number of carbonyl (C=O) groups excluding carboxylic acids is 1. The number of aryl methyl sites for hydroxylation is 1. The Balaban J connectivity index is 0.00000161. The molecule has 2 aromatic heterocycles. The molecule has 1 amide bonds. The van der Waals surface area contributed by atoms with Crippen molar-refractivity contribution in [2.45, 2.75) is 13.0 Å². The van der Waals surface area contributed by atoms with E-state index in [2.05, 4.69) is 10.3 Å². The summed E-state index contributed by atoms with van der Waals surface area (Å²) in [6, 6.07) is 6.01. The molecule has 4 nitrogen and oxygen atoms in total. The number of rotatable bonds is 2. The standard InChI is InChI=1S/C15H17N3OS.ClH/c1-11-4-8-20-14(11)15(19)18-7-6-17-10-13(18)12-3-2-5-16-9-12;/h2-5,8-9,13,17H,6-7,10H2,1H3;1H. The summed E-state index contributed by atoms with van der Waals surface area (Å²) >= 11 is 1.52. The molecule has 1 atom stereocenters. The molecular formula is C15H18ClN3OS. The highest BCUT2D eigenvalue weighted by molar-refractivity contribution is 7.12. The van der Waals surface area contributed by atoms with Crippen molar-refractivity contribution in [2.75, 3.05) is 19.6 Å². The molecule has 112 valence electrons. The van der Waals surface area contributed by atoms with Gasteiger partial charge in [-0.2, -0.15) is 0 Å². The number of nitrogens with zero attached hydrogens (tertiary/aromatic N) is 2. The lowest BCUT2D eigenvalue weighted by atomic mass is 10.0. The lowest BCUT2D eigenvalue weighted by Gasteiger charge is -2.36. The van der Waals surface area contributed by atoms with E-state index < -0.39 is 0 Å². The van der Waals surface area contributed by atoms with Crippen LogP contribution in [0.1, 0.15) is 26.8 Å². The van der Waals surface area contributed by atoms with Gasteiger partial charge in [0.05, 0.1) is 10.9 Å². The van der Waals surface area contributed by atoms with Gasteiger partial charge in [-0.25, -0.2) is 0 Å². The summed E-state index contributed by atoms with van der Waals surface area (Å²) in [5, 5.41) is 5.34. The molecule has 21 heavy (non-hydrogen) atoms. The van der Waals surface area contributed by atoms with Gasteiger partial charge in [-0.15, -0.1) is 23.7 Å². The first-order chi connectivity index (χ1) is 9.77. The van der Waals surface area contributed by atoms with Crippen molar-refractivity contribution in [2.24, 2.45) is 0 Å². The Kier molecular flexibility index (Phi) is 5.33. The van der Waals surface area contributed by atoms with Crippen LogP contribution in [0.3, 0.4) is 0 Å². The molecule has 1 unspecified atom stereocenters. The molecule has 3 rings (SSSR count). The molecule has 0 aliphatic carbocycles. The molecule has 0 spiro atoms. The van der Waals surface area contributed by atoms with Crippen LogP contribution in [0.5, 0.6) is 0 Å². The highest BCUT2D eigenvalue weighted by atomic mass is 35.5. The monoisotopic (exact) mass is 323 g/mol. The quantitative estimate of drug-likeness (QED) is 0.924. The van der Waals surface area contributed by atoms with E-state index in [1.807, 2.05) is 41.6 Å². The summed E-state index contributed by atoms with van der Waals surface area (Å²) < 4.78 is 0. The van der Waals surface area contributed by atoms with E-state index in [1.54, 1.807) is 6.20 Å². The van der Waals surface area contributed by atoms with Crippen molar-refractivity contribution in [3.05, 3.63) is 52.0 Å². The number of pyridine rings is 1. The van der Waals surface area contributed by atoms with Crippen LogP contribution >= 0.6 is 23.7 Å². The van der Waals surface area contributed by atoms with Crippen LogP contribution in [0, 0.1) is 6.92 Å². The summed E-state index contributed by atoms with van der Waals surface area (Å²) in [6.07, 6.45) is 3.61. The number of carbonyl (C=O) groups is 1. The van der Waals surface area contributed by atoms with Gasteiger partial charge in [0.25, 0.3) is 5.91 Å².